The van der Waals surface area contributed by atoms with E-state index in [4.69, 9.17) is 4.74 Å². The van der Waals surface area contributed by atoms with E-state index in [0.717, 1.165) is 12.3 Å². The summed E-state index contributed by atoms with van der Waals surface area (Å²) in [5, 5.41) is 3.30. The van der Waals surface area contributed by atoms with Crippen LogP contribution in [0, 0.1) is 5.92 Å². The Bertz CT molecular complexity index is 178. The van der Waals surface area contributed by atoms with Crippen LogP contribution in [0.2, 0.25) is 0 Å². The second-order valence-corrected chi connectivity index (χ2v) is 3.78. The normalized spacial score (nSPS) is 20.8. The Kier molecular flexibility index (Phi) is 3.72. The van der Waals surface area contributed by atoms with Crippen molar-refractivity contribution in [2.45, 2.75) is 45.2 Å². The summed E-state index contributed by atoms with van der Waals surface area (Å²) < 4.78 is 4.70. The van der Waals surface area contributed by atoms with Gasteiger partial charge in [-0.15, -0.1) is 0 Å². The minimum Gasteiger partial charge on any atom is -0.468 e. The summed E-state index contributed by atoms with van der Waals surface area (Å²) in [5.74, 6) is 0.633. The van der Waals surface area contributed by atoms with Gasteiger partial charge in [-0.1, -0.05) is 6.92 Å². The summed E-state index contributed by atoms with van der Waals surface area (Å²) in [5.41, 5.74) is 0. The molecule has 2 atom stereocenters. The maximum Gasteiger partial charge on any atom is 0.322 e. The van der Waals surface area contributed by atoms with E-state index in [-0.39, 0.29) is 12.0 Å². The highest BCUT2D eigenvalue weighted by Crippen LogP contribution is 2.32. The van der Waals surface area contributed by atoms with Crippen molar-refractivity contribution >= 4 is 5.97 Å². The summed E-state index contributed by atoms with van der Waals surface area (Å²) in [7, 11) is 1.44. The Morgan fingerprint density at radius 3 is 2.62 bits per heavy atom. The highest BCUT2D eigenvalue weighted by molar-refractivity contribution is 5.75. The molecule has 0 amide bonds. The third-order valence-corrected chi connectivity index (χ3v) is 2.69. The zero-order chi connectivity index (χ0) is 9.84. The standard InChI is InChI=1S/C10H19NO2/c1-4-9(10(12)13-3)11-7(2)8-5-6-8/h7-9,11H,4-6H2,1-3H3/t7?,9-/m1/s1. The predicted octanol–water partition coefficient (Wildman–Crippen LogP) is 1.33. The van der Waals surface area contributed by atoms with Crippen LogP contribution in [0.25, 0.3) is 0 Å². The quantitative estimate of drug-likeness (QED) is 0.657. The minimum atomic E-state index is -0.144. The second-order valence-electron chi connectivity index (χ2n) is 3.78. The van der Waals surface area contributed by atoms with Gasteiger partial charge in [-0.3, -0.25) is 4.79 Å². The molecule has 1 unspecified atom stereocenters. The van der Waals surface area contributed by atoms with Crippen LogP contribution in [0.4, 0.5) is 0 Å². The van der Waals surface area contributed by atoms with Crippen LogP contribution in [0.1, 0.15) is 33.1 Å². The summed E-state index contributed by atoms with van der Waals surface area (Å²) >= 11 is 0. The number of methoxy groups -OCH3 is 1. The van der Waals surface area contributed by atoms with Gasteiger partial charge in [0.15, 0.2) is 0 Å². The van der Waals surface area contributed by atoms with E-state index in [0.29, 0.717) is 6.04 Å². The lowest BCUT2D eigenvalue weighted by atomic mass is 10.1. The van der Waals surface area contributed by atoms with Crippen molar-refractivity contribution in [3.05, 3.63) is 0 Å². The Hall–Kier alpha value is -0.570. The summed E-state index contributed by atoms with van der Waals surface area (Å²) in [6.45, 7) is 4.14. The van der Waals surface area contributed by atoms with E-state index >= 15 is 0 Å². The maximum atomic E-state index is 11.2. The first-order valence-electron chi connectivity index (χ1n) is 5.03. The Labute approximate surface area is 79.8 Å². The van der Waals surface area contributed by atoms with Gasteiger partial charge in [-0.25, -0.2) is 0 Å². The van der Waals surface area contributed by atoms with Crippen molar-refractivity contribution in [1.82, 2.24) is 5.32 Å². The lowest BCUT2D eigenvalue weighted by molar-refractivity contribution is -0.143. The first-order chi connectivity index (χ1) is 6.19. The second kappa shape index (κ2) is 4.61. The maximum absolute atomic E-state index is 11.2. The number of rotatable bonds is 5. The molecule has 0 heterocycles. The highest BCUT2D eigenvalue weighted by atomic mass is 16.5. The van der Waals surface area contributed by atoms with E-state index in [1.54, 1.807) is 0 Å². The number of ether oxygens (including phenoxy) is 1. The van der Waals surface area contributed by atoms with E-state index in [1.165, 1.54) is 20.0 Å². The molecule has 0 saturated heterocycles. The van der Waals surface area contributed by atoms with E-state index in [2.05, 4.69) is 12.2 Å². The topological polar surface area (TPSA) is 38.3 Å². The molecule has 1 rings (SSSR count). The number of nitrogens with one attached hydrogen (secondary N) is 1. The van der Waals surface area contributed by atoms with Crippen LogP contribution in [0.5, 0.6) is 0 Å². The van der Waals surface area contributed by atoms with Crippen molar-refractivity contribution in [2.75, 3.05) is 7.11 Å². The number of hydrogen-bond donors (Lipinski definition) is 1. The first kappa shape index (κ1) is 10.5. The Balaban J connectivity index is 2.33. The molecule has 0 aromatic rings. The number of carbonyl (C=O) groups excluding carboxylic acids is 1. The van der Waals surface area contributed by atoms with Crippen molar-refractivity contribution in [3.63, 3.8) is 0 Å². The van der Waals surface area contributed by atoms with Gasteiger partial charge in [0, 0.05) is 6.04 Å². The Morgan fingerprint density at radius 2 is 2.23 bits per heavy atom. The molecular weight excluding hydrogens is 166 g/mol. The number of hydrogen-bond acceptors (Lipinski definition) is 3. The van der Waals surface area contributed by atoms with Gasteiger partial charge < -0.3 is 10.1 Å². The third kappa shape index (κ3) is 2.99. The first-order valence-corrected chi connectivity index (χ1v) is 5.03. The molecule has 3 nitrogen and oxygen atoms in total. The van der Waals surface area contributed by atoms with Crippen LogP contribution < -0.4 is 5.32 Å². The molecule has 76 valence electrons. The van der Waals surface area contributed by atoms with Gasteiger partial charge in [0.05, 0.1) is 7.11 Å². The number of carbonyl (C=O) groups is 1. The SMILES string of the molecule is CC[C@@H](NC(C)C1CC1)C(=O)OC. The van der Waals surface area contributed by atoms with Gasteiger partial charge in [-0.05, 0) is 32.1 Å². The minimum absolute atomic E-state index is 0.124. The van der Waals surface area contributed by atoms with Gasteiger partial charge in [-0.2, -0.15) is 0 Å². The van der Waals surface area contributed by atoms with E-state index in [1.807, 2.05) is 6.92 Å². The van der Waals surface area contributed by atoms with Crippen molar-refractivity contribution in [1.29, 1.82) is 0 Å². The fourth-order valence-electron chi connectivity index (χ4n) is 1.54. The monoisotopic (exact) mass is 185 g/mol. The highest BCUT2D eigenvalue weighted by Gasteiger charge is 2.30. The van der Waals surface area contributed by atoms with Crippen LogP contribution in [-0.4, -0.2) is 25.2 Å². The molecule has 1 saturated carbocycles. The van der Waals surface area contributed by atoms with Gasteiger partial charge >= 0.3 is 5.97 Å². The molecule has 0 aliphatic heterocycles. The average Bonchev–Trinajstić information content (AvgIpc) is 2.95. The van der Waals surface area contributed by atoms with Gasteiger partial charge in [0.2, 0.25) is 0 Å². The number of esters is 1. The molecule has 13 heavy (non-hydrogen) atoms. The van der Waals surface area contributed by atoms with Crippen LogP contribution in [0.3, 0.4) is 0 Å². The molecule has 1 aliphatic rings. The van der Waals surface area contributed by atoms with Crippen molar-refractivity contribution < 1.29 is 9.53 Å². The third-order valence-electron chi connectivity index (χ3n) is 2.69. The molecule has 0 bridgehead atoms. The summed E-state index contributed by atoms with van der Waals surface area (Å²) in [6, 6.07) is 0.324. The molecule has 0 aromatic carbocycles. The lowest BCUT2D eigenvalue weighted by Gasteiger charge is -2.19. The van der Waals surface area contributed by atoms with Crippen LogP contribution in [0.15, 0.2) is 0 Å². The molecule has 1 aliphatic carbocycles. The average molecular weight is 185 g/mol. The largest absolute Gasteiger partial charge is 0.468 e. The van der Waals surface area contributed by atoms with Crippen LogP contribution >= 0.6 is 0 Å². The summed E-state index contributed by atoms with van der Waals surface area (Å²) in [4.78, 5) is 11.2. The van der Waals surface area contributed by atoms with Crippen molar-refractivity contribution in [2.24, 2.45) is 5.92 Å². The molecule has 0 aromatic heterocycles. The smallest absolute Gasteiger partial charge is 0.322 e. The van der Waals surface area contributed by atoms with E-state index < -0.39 is 0 Å². The fourth-order valence-corrected chi connectivity index (χ4v) is 1.54. The molecule has 1 N–H and O–H groups in total. The zero-order valence-electron chi connectivity index (χ0n) is 8.67. The molecule has 0 spiro atoms. The predicted molar refractivity (Wildman–Crippen MR) is 51.4 cm³/mol. The Morgan fingerprint density at radius 1 is 1.62 bits per heavy atom. The molecular formula is C10H19NO2. The van der Waals surface area contributed by atoms with Crippen LogP contribution in [-0.2, 0) is 9.53 Å². The van der Waals surface area contributed by atoms with E-state index in [9.17, 15) is 4.79 Å². The molecule has 3 heteroatoms. The molecule has 1 fully saturated rings. The summed E-state index contributed by atoms with van der Waals surface area (Å²) in [6.07, 6.45) is 3.39. The van der Waals surface area contributed by atoms with Gasteiger partial charge in [0.25, 0.3) is 0 Å². The molecule has 0 radical (unpaired) electrons. The lowest BCUT2D eigenvalue weighted by Crippen LogP contribution is -2.43. The van der Waals surface area contributed by atoms with Crippen molar-refractivity contribution in [3.8, 4) is 0 Å². The van der Waals surface area contributed by atoms with Gasteiger partial charge in [0.1, 0.15) is 6.04 Å². The zero-order valence-corrected chi connectivity index (χ0v) is 8.67. The fraction of sp³-hybridized carbons (Fsp3) is 0.900.